The molecule has 5 nitrogen and oxygen atoms in total. The molecule has 34 heavy (non-hydrogen) atoms. The maximum absolute atomic E-state index is 13.2. The highest BCUT2D eigenvalue weighted by Gasteiger charge is 2.21. The minimum atomic E-state index is -0.210. The maximum Gasteiger partial charge on any atom is 0.294 e. The second-order valence-corrected chi connectivity index (χ2v) is 8.44. The Bertz CT molecular complexity index is 1230. The summed E-state index contributed by atoms with van der Waals surface area (Å²) in [5.74, 6) is 0.118. The summed E-state index contributed by atoms with van der Waals surface area (Å²) in [7, 11) is 1.81. The molecule has 4 aromatic rings. The smallest absolute Gasteiger partial charge is 0.294 e. The van der Waals surface area contributed by atoms with Crippen LogP contribution in [-0.4, -0.2) is 23.8 Å². The Morgan fingerprint density at radius 2 is 1.50 bits per heavy atom. The standard InChI is InChI=1S/C29H28N2O3/c1-22-8-6-11-25(18-22)21-31(29(33)27-12-7-17-34-27)26-15-13-23(14-16-26)19-28(32)30(2)20-24-9-4-3-5-10-24/h3-18H,19-21H2,1-2H3. The number of amides is 2. The minimum Gasteiger partial charge on any atom is -0.459 e. The van der Waals surface area contributed by atoms with Crippen LogP contribution < -0.4 is 4.90 Å². The van der Waals surface area contributed by atoms with Crippen LogP contribution in [0.2, 0.25) is 0 Å². The van der Waals surface area contributed by atoms with Crippen molar-refractivity contribution in [2.75, 3.05) is 11.9 Å². The molecule has 0 aliphatic heterocycles. The van der Waals surface area contributed by atoms with Crippen molar-refractivity contribution in [2.45, 2.75) is 26.4 Å². The van der Waals surface area contributed by atoms with Crippen molar-refractivity contribution in [1.82, 2.24) is 4.90 Å². The quantitative estimate of drug-likeness (QED) is 0.348. The van der Waals surface area contributed by atoms with E-state index < -0.39 is 0 Å². The molecule has 1 aromatic heterocycles. The maximum atomic E-state index is 13.2. The van der Waals surface area contributed by atoms with Crippen LogP contribution >= 0.6 is 0 Å². The van der Waals surface area contributed by atoms with Gasteiger partial charge in [0.15, 0.2) is 5.76 Å². The summed E-state index contributed by atoms with van der Waals surface area (Å²) in [5, 5.41) is 0. The first kappa shape index (κ1) is 23.1. The van der Waals surface area contributed by atoms with Gasteiger partial charge in [-0.2, -0.15) is 0 Å². The van der Waals surface area contributed by atoms with Crippen LogP contribution in [-0.2, 0) is 24.3 Å². The third-order valence-corrected chi connectivity index (χ3v) is 5.69. The lowest BCUT2D eigenvalue weighted by Gasteiger charge is -2.23. The molecular formula is C29H28N2O3. The topological polar surface area (TPSA) is 53.8 Å². The van der Waals surface area contributed by atoms with Gasteiger partial charge in [-0.05, 0) is 47.9 Å². The van der Waals surface area contributed by atoms with Crippen molar-refractivity contribution in [2.24, 2.45) is 0 Å². The predicted octanol–water partition coefficient (Wildman–Crippen LogP) is 5.64. The van der Waals surface area contributed by atoms with Gasteiger partial charge in [0.2, 0.25) is 5.91 Å². The molecule has 0 radical (unpaired) electrons. The van der Waals surface area contributed by atoms with Gasteiger partial charge < -0.3 is 14.2 Å². The van der Waals surface area contributed by atoms with E-state index in [9.17, 15) is 9.59 Å². The number of carbonyl (C=O) groups is 2. The molecule has 172 valence electrons. The van der Waals surface area contributed by atoms with E-state index in [4.69, 9.17) is 4.42 Å². The van der Waals surface area contributed by atoms with Gasteiger partial charge in [0.1, 0.15) is 0 Å². The van der Waals surface area contributed by atoms with E-state index in [2.05, 4.69) is 6.07 Å². The summed E-state index contributed by atoms with van der Waals surface area (Å²) in [5.41, 5.74) is 4.90. The Hall–Kier alpha value is -4.12. The van der Waals surface area contributed by atoms with Gasteiger partial charge in [-0.25, -0.2) is 0 Å². The molecule has 0 spiro atoms. The second-order valence-electron chi connectivity index (χ2n) is 8.44. The van der Waals surface area contributed by atoms with Crippen molar-refractivity contribution in [3.8, 4) is 0 Å². The molecule has 0 saturated carbocycles. The first-order chi connectivity index (χ1) is 16.5. The predicted molar refractivity (Wildman–Crippen MR) is 133 cm³/mol. The van der Waals surface area contributed by atoms with Crippen molar-refractivity contribution in [3.05, 3.63) is 125 Å². The lowest BCUT2D eigenvalue weighted by Crippen LogP contribution is -2.30. The molecule has 0 atom stereocenters. The molecule has 0 fully saturated rings. The van der Waals surface area contributed by atoms with Crippen molar-refractivity contribution in [1.29, 1.82) is 0 Å². The van der Waals surface area contributed by atoms with Crippen LogP contribution in [0.1, 0.15) is 32.8 Å². The van der Waals surface area contributed by atoms with Crippen LogP contribution in [0.15, 0.2) is 102 Å². The van der Waals surface area contributed by atoms with E-state index in [0.717, 1.165) is 27.9 Å². The molecule has 0 N–H and O–H groups in total. The van der Waals surface area contributed by atoms with Crippen LogP contribution in [0.5, 0.6) is 0 Å². The normalized spacial score (nSPS) is 10.6. The minimum absolute atomic E-state index is 0.0416. The average molecular weight is 453 g/mol. The van der Waals surface area contributed by atoms with E-state index >= 15 is 0 Å². The largest absolute Gasteiger partial charge is 0.459 e. The number of anilines is 1. The number of rotatable bonds is 8. The summed E-state index contributed by atoms with van der Waals surface area (Å²) < 4.78 is 5.37. The molecular weight excluding hydrogens is 424 g/mol. The summed E-state index contributed by atoms with van der Waals surface area (Å²) >= 11 is 0. The summed E-state index contributed by atoms with van der Waals surface area (Å²) in [6, 6.07) is 29.0. The first-order valence-corrected chi connectivity index (χ1v) is 11.3. The van der Waals surface area contributed by atoms with Crippen molar-refractivity contribution < 1.29 is 14.0 Å². The van der Waals surface area contributed by atoms with E-state index in [-0.39, 0.29) is 17.6 Å². The number of benzene rings is 3. The highest BCUT2D eigenvalue weighted by atomic mass is 16.3. The third-order valence-electron chi connectivity index (χ3n) is 5.69. The molecule has 2 amide bonds. The SMILES string of the molecule is Cc1cccc(CN(C(=O)c2ccco2)c2ccc(CC(=O)N(C)Cc3ccccc3)cc2)c1. The van der Waals surface area contributed by atoms with Gasteiger partial charge in [0, 0.05) is 19.3 Å². The van der Waals surface area contributed by atoms with Gasteiger partial charge in [0.25, 0.3) is 5.91 Å². The summed E-state index contributed by atoms with van der Waals surface area (Å²) in [6.45, 7) is 3.02. The molecule has 0 unspecified atom stereocenters. The van der Waals surface area contributed by atoms with Crippen LogP contribution in [0.3, 0.4) is 0 Å². The molecule has 1 heterocycles. The highest BCUT2D eigenvalue weighted by molar-refractivity contribution is 6.04. The Kier molecular flexibility index (Phi) is 7.23. The fraction of sp³-hybridized carbons (Fsp3) is 0.172. The number of likely N-dealkylation sites (N-methyl/N-ethyl adjacent to an activating group) is 1. The average Bonchev–Trinajstić information content (AvgIpc) is 3.38. The lowest BCUT2D eigenvalue weighted by atomic mass is 10.1. The van der Waals surface area contributed by atoms with Crippen molar-refractivity contribution >= 4 is 17.5 Å². The molecule has 4 rings (SSSR count). The number of furan rings is 1. The molecule has 0 saturated heterocycles. The summed E-state index contributed by atoms with van der Waals surface area (Å²) in [4.78, 5) is 29.3. The number of aryl methyl sites for hydroxylation is 1. The molecule has 5 heteroatoms. The number of carbonyl (C=O) groups excluding carboxylic acids is 2. The molecule has 0 aliphatic rings. The fourth-order valence-electron chi connectivity index (χ4n) is 3.86. The summed E-state index contributed by atoms with van der Waals surface area (Å²) in [6.07, 6.45) is 1.80. The zero-order chi connectivity index (χ0) is 23.9. The van der Waals surface area contributed by atoms with Crippen LogP contribution in [0.25, 0.3) is 0 Å². The Labute approximate surface area is 200 Å². The van der Waals surface area contributed by atoms with Gasteiger partial charge in [-0.3, -0.25) is 9.59 Å². The molecule has 3 aromatic carbocycles. The molecule has 0 aliphatic carbocycles. The third kappa shape index (κ3) is 5.81. The van der Waals surface area contributed by atoms with E-state index in [1.54, 1.807) is 21.9 Å². The van der Waals surface area contributed by atoms with E-state index in [1.807, 2.05) is 86.8 Å². The number of hydrogen-bond donors (Lipinski definition) is 0. The van der Waals surface area contributed by atoms with Gasteiger partial charge in [0.05, 0.1) is 19.2 Å². The fourth-order valence-corrected chi connectivity index (χ4v) is 3.86. The van der Waals surface area contributed by atoms with Gasteiger partial charge in [-0.15, -0.1) is 0 Å². The Balaban J connectivity index is 1.49. The second kappa shape index (κ2) is 10.7. The van der Waals surface area contributed by atoms with Gasteiger partial charge in [-0.1, -0.05) is 72.3 Å². The first-order valence-electron chi connectivity index (χ1n) is 11.3. The van der Waals surface area contributed by atoms with Crippen molar-refractivity contribution in [3.63, 3.8) is 0 Å². The number of hydrogen-bond acceptors (Lipinski definition) is 3. The lowest BCUT2D eigenvalue weighted by molar-refractivity contribution is -0.129. The number of nitrogens with zero attached hydrogens (tertiary/aromatic N) is 2. The van der Waals surface area contributed by atoms with E-state index in [0.29, 0.717) is 19.5 Å². The van der Waals surface area contributed by atoms with E-state index in [1.165, 1.54) is 6.26 Å². The van der Waals surface area contributed by atoms with Crippen LogP contribution in [0, 0.1) is 6.92 Å². The highest BCUT2D eigenvalue weighted by Crippen LogP contribution is 2.22. The molecule has 0 bridgehead atoms. The Morgan fingerprint density at radius 1 is 0.765 bits per heavy atom. The zero-order valence-corrected chi connectivity index (χ0v) is 19.5. The monoisotopic (exact) mass is 452 g/mol. The van der Waals surface area contributed by atoms with Crippen LogP contribution in [0.4, 0.5) is 5.69 Å². The Morgan fingerprint density at radius 3 is 2.18 bits per heavy atom. The van der Waals surface area contributed by atoms with Gasteiger partial charge >= 0.3 is 0 Å². The zero-order valence-electron chi connectivity index (χ0n) is 19.5.